The van der Waals surface area contributed by atoms with E-state index >= 15 is 0 Å². The van der Waals surface area contributed by atoms with Crippen LogP contribution in [0.15, 0.2) is 24.4 Å². The van der Waals surface area contributed by atoms with Crippen molar-refractivity contribution in [1.29, 1.82) is 0 Å². The molecule has 0 aliphatic carbocycles. The summed E-state index contributed by atoms with van der Waals surface area (Å²) in [6, 6.07) is 6.08. The van der Waals surface area contributed by atoms with Gasteiger partial charge < -0.3 is 10.6 Å². The Morgan fingerprint density at radius 3 is 2.95 bits per heavy atom. The average Bonchev–Trinajstić information content (AvgIpc) is 2.85. The summed E-state index contributed by atoms with van der Waals surface area (Å²) in [4.78, 5) is 12.1. The highest BCUT2D eigenvalue weighted by Crippen LogP contribution is 2.19. The minimum Gasteiger partial charge on any atom is -0.322 e. The van der Waals surface area contributed by atoms with Gasteiger partial charge in [0, 0.05) is 17.9 Å². The Kier molecular flexibility index (Phi) is 4.42. The van der Waals surface area contributed by atoms with Crippen LogP contribution in [0, 0.1) is 6.92 Å². The van der Waals surface area contributed by atoms with Crippen LogP contribution in [0.1, 0.15) is 27.2 Å². The first kappa shape index (κ1) is 14.6. The molecule has 20 heavy (non-hydrogen) atoms. The number of carbonyl (C=O) groups excluding carboxylic acids is 1. The highest BCUT2D eigenvalue weighted by atomic mass is 35.5. The molecule has 0 saturated carbocycles. The average molecular weight is 293 g/mol. The van der Waals surface area contributed by atoms with Gasteiger partial charge in [-0.2, -0.15) is 5.10 Å². The lowest BCUT2D eigenvalue weighted by Gasteiger charge is -2.18. The van der Waals surface area contributed by atoms with Crippen LogP contribution in [0.3, 0.4) is 0 Å². The van der Waals surface area contributed by atoms with Crippen molar-refractivity contribution in [3.63, 3.8) is 0 Å². The van der Waals surface area contributed by atoms with Crippen LogP contribution in [0.4, 0.5) is 5.69 Å². The summed E-state index contributed by atoms with van der Waals surface area (Å²) < 4.78 is 0. The van der Waals surface area contributed by atoms with Crippen molar-refractivity contribution in [3.05, 3.63) is 46.8 Å². The number of nitrogens with zero attached hydrogens (tertiary/aromatic N) is 1. The highest BCUT2D eigenvalue weighted by molar-refractivity contribution is 6.04. The molecule has 1 amide bonds. The summed E-state index contributed by atoms with van der Waals surface area (Å²) in [7, 11) is 0. The first-order chi connectivity index (χ1) is 9.24. The highest BCUT2D eigenvalue weighted by Gasteiger charge is 2.13. The van der Waals surface area contributed by atoms with Gasteiger partial charge >= 0.3 is 0 Å². The molecule has 2 heterocycles. The Morgan fingerprint density at radius 2 is 2.20 bits per heavy atom. The number of fused-ring (bicyclic) bond motifs is 1. The number of halogens is 1. The van der Waals surface area contributed by atoms with E-state index in [2.05, 4.69) is 26.9 Å². The Bertz CT molecular complexity index is 623. The molecule has 0 fully saturated rings. The second-order valence-electron chi connectivity index (χ2n) is 4.77. The number of aromatic amines is 1. The molecular weight excluding hydrogens is 276 g/mol. The third-order valence-electron chi connectivity index (χ3n) is 3.43. The fourth-order valence-electron chi connectivity index (χ4n) is 2.34. The van der Waals surface area contributed by atoms with E-state index in [1.54, 1.807) is 6.20 Å². The van der Waals surface area contributed by atoms with Crippen LogP contribution in [0.25, 0.3) is 0 Å². The molecule has 0 unspecified atom stereocenters. The van der Waals surface area contributed by atoms with E-state index in [0.717, 1.165) is 30.9 Å². The van der Waals surface area contributed by atoms with Gasteiger partial charge in [0.15, 0.2) is 0 Å². The number of aromatic nitrogens is 2. The van der Waals surface area contributed by atoms with Crippen LogP contribution in [-0.4, -0.2) is 22.6 Å². The van der Waals surface area contributed by atoms with Gasteiger partial charge in [0.1, 0.15) is 0 Å². The Balaban J connectivity index is 0.00000147. The lowest BCUT2D eigenvalue weighted by atomic mass is 10.0. The number of H-pyrrole nitrogens is 1. The number of carbonyl (C=O) groups is 1. The molecule has 0 bridgehead atoms. The van der Waals surface area contributed by atoms with Crippen LogP contribution < -0.4 is 10.6 Å². The lowest BCUT2D eigenvalue weighted by Crippen LogP contribution is -2.23. The van der Waals surface area contributed by atoms with E-state index < -0.39 is 0 Å². The van der Waals surface area contributed by atoms with Crippen molar-refractivity contribution >= 4 is 24.0 Å². The van der Waals surface area contributed by atoms with E-state index in [9.17, 15) is 4.79 Å². The molecule has 0 spiro atoms. The molecule has 3 N–H and O–H groups in total. The third kappa shape index (κ3) is 2.84. The molecule has 2 aromatic rings. The molecule has 1 aliphatic rings. The SMILES string of the molecule is Cc1[nH]ncc1C(=O)Nc1ccc2c(c1)CNCC2.Cl. The molecule has 0 atom stereocenters. The number of anilines is 1. The van der Waals surface area contributed by atoms with Crippen molar-refractivity contribution in [2.75, 3.05) is 11.9 Å². The first-order valence-electron chi connectivity index (χ1n) is 6.38. The van der Waals surface area contributed by atoms with Crippen molar-refractivity contribution < 1.29 is 4.79 Å². The molecule has 1 aromatic carbocycles. The van der Waals surface area contributed by atoms with E-state index in [0.29, 0.717) is 5.56 Å². The van der Waals surface area contributed by atoms with E-state index in [1.165, 1.54) is 11.1 Å². The number of hydrogen-bond acceptors (Lipinski definition) is 3. The molecular formula is C14H17ClN4O. The smallest absolute Gasteiger partial charge is 0.259 e. The lowest BCUT2D eigenvalue weighted by molar-refractivity contribution is 0.102. The molecule has 3 rings (SSSR count). The zero-order chi connectivity index (χ0) is 13.2. The number of rotatable bonds is 2. The van der Waals surface area contributed by atoms with Gasteiger partial charge in [0.2, 0.25) is 0 Å². The van der Waals surface area contributed by atoms with Gasteiger partial charge in [-0.1, -0.05) is 6.07 Å². The summed E-state index contributed by atoms with van der Waals surface area (Å²) in [5.41, 5.74) is 4.80. The first-order valence-corrected chi connectivity index (χ1v) is 6.38. The van der Waals surface area contributed by atoms with E-state index in [4.69, 9.17) is 0 Å². The zero-order valence-corrected chi connectivity index (χ0v) is 12.0. The minimum atomic E-state index is -0.130. The molecule has 0 saturated heterocycles. The summed E-state index contributed by atoms with van der Waals surface area (Å²) in [6.45, 7) is 3.72. The predicted molar refractivity (Wildman–Crippen MR) is 80.4 cm³/mol. The summed E-state index contributed by atoms with van der Waals surface area (Å²) >= 11 is 0. The molecule has 1 aliphatic heterocycles. The molecule has 6 heteroatoms. The summed E-state index contributed by atoms with van der Waals surface area (Å²) in [6.07, 6.45) is 2.59. The largest absolute Gasteiger partial charge is 0.322 e. The zero-order valence-electron chi connectivity index (χ0n) is 11.2. The Hall–Kier alpha value is -1.85. The molecule has 5 nitrogen and oxygen atoms in total. The fourth-order valence-corrected chi connectivity index (χ4v) is 2.34. The number of amides is 1. The van der Waals surface area contributed by atoms with E-state index in [-0.39, 0.29) is 18.3 Å². The Labute approximate surface area is 123 Å². The van der Waals surface area contributed by atoms with Gasteiger partial charge in [-0.3, -0.25) is 9.89 Å². The second-order valence-corrected chi connectivity index (χ2v) is 4.77. The van der Waals surface area contributed by atoms with Gasteiger partial charge in [0.25, 0.3) is 5.91 Å². The fraction of sp³-hybridized carbons (Fsp3) is 0.286. The quantitative estimate of drug-likeness (QED) is 0.793. The normalized spacial score (nSPS) is 13.2. The molecule has 1 aromatic heterocycles. The minimum absolute atomic E-state index is 0. The van der Waals surface area contributed by atoms with Crippen LogP contribution >= 0.6 is 12.4 Å². The summed E-state index contributed by atoms with van der Waals surface area (Å²) in [5, 5.41) is 12.9. The van der Waals surface area contributed by atoms with Crippen molar-refractivity contribution in [1.82, 2.24) is 15.5 Å². The van der Waals surface area contributed by atoms with Crippen molar-refractivity contribution in [2.45, 2.75) is 19.9 Å². The van der Waals surface area contributed by atoms with Crippen molar-refractivity contribution in [3.8, 4) is 0 Å². The van der Waals surface area contributed by atoms with Crippen molar-refractivity contribution in [2.24, 2.45) is 0 Å². The van der Waals surface area contributed by atoms with Gasteiger partial charge in [-0.05, 0) is 43.1 Å². The Morgan fingerprint density at radius 1 is 1.35 bits per heavy atom. The number of aryl methyl sites for hydroxylation is 1. The molecule has 106 valence electrons. The standard InChI is InChI=1S/C14H16N4O.ClH/c1-9-13(8-16-18-9)14(19)17-12-3-2-10-4-5-15-7-11(10)6-12;/h2-3,6,8,15H,4-5,7H2,1H3,(H,16,18)(H,17,19);1H. The van der Waals surface area contributed by atoms with Crippen LogP contribution in [0.5, 0.6) is 0 Å². The maximum absolute atomic E-state index is 12.1. The third-order valence-corrected chi connectivity index (χ3v) is 3.43. The predicted octanol–water partition coefficient (Wildman–Crippen LogP) is 2.04. The molecule has 0 radical (unpaired) electrons. The van der Waals surface area contributed by atoms with Gasteiger partial charge in [-0.15, -0.1) is 12.4 Å². The van der Waals surface area contributed by atoms with Crippen LogP contribution in [0.2, 0.25) is 0 Å². The number of benzene rings is 1. The van der Waals surface area contributed by atoms with Gasteiger partial charge in [0.05, 0.1) is 11.8 Å². The van der Waals surface area contributed by atoms with Crippen LogP contribution in [-0.2, 0) is 13.0 Å². The maximum Gasteiger partial charge on any atom is 0.259 e. The summed E-state index contributed by atoms with van der Waals surface area (Å²) in [5.74, 6) is -0.130. The second kappa shape index (κ2) is 6.07. The number of hydrogen-bond donors (Lipinski definition) is 3. The number of nitrogens with one attached hydrogen (secondary N) is 3. The van der Waals surface area contributed by atoms with Gasteiger partial charge in [-0.25, -0.2) is 0 Å². The van der Waals surface area contributed by atoms with E-state index in [1.807, 2.05) is 19.1 Å². The topological polar surface area (TPSA) is 69.8 Å². The maximum atomic E-state index is 12.1. The monoisotopic (exact) mass is 292 g/mol.